The SMILES string of the molecule is CC(C)(O)C1CCC(N(c2cc(-c3cnn4cc(C#N)cnc34)ncc2C(N)=O)C2COC2)CC1. The van der Waals surface area contributed by atoms with Crippen LogP contribution in [0.1, 0.15) is 55.5 Å². The van der Waals surface area contributed by atoms with Gasteiger partial charge in [0.15, 0.2) is 5.65 Å². The fourth-order valence-corrected chi connectivity index (χ4v) is 5.24. The first-order chi connectivity index (χ1) is 16.8. The van der Waals surface area contributed by atoms with E-state index < -0.39 is 11.5 Å². The highest BCUT2D eigenvalue weighted by Gasteiger charge is 2.38. The topological polar surface area (TPSA) is 143 Å². The minimum absolute atomic E-state index is 0.132. The smallest absolute Gasteiger partial charge is 0.252 e. The van der Waals surface area contributed by atoms with Gasteiger partial charge in [0, 0.05) is 18.4 Å². The second kappa shape index (κ2) is 8.91. The van der Waals surface area contributed by atoms with E-state index in [-0.39, 0.29) is 18.0 Å². The number of nitrogens with zero attached hydrogens (tertiary/aromatic N) is 6. The number of anilines is 1. The number of carbonyl (C=O) groups excluding carboxylic acids is 1. The number of carbonyl (C=O) groups is 1. The molecule has 0 atom stereocenters. The quantitative estimate of drug-likeness (QED) is 0.553. The Morgan fingerprint density at radius 2 is 1.94 bits per heavy atom. The molecule has 3 aromatic rings. The van der Waals surface area contributed by atoms with Crippen LogP contribution in [-0.2, 0) is 4.74 Å². The number of ether oxygens (including phenoxy) is 1. The lowest BCUT2D eigenvalue weighted by molar-refractivity contribution is -0.0127. The van der Waals surface area contributed by atoms with Crippen molar-refractivity contribution in [1.82, 2.24) is 19.6 Å². The first-order valence-electron chi connectivity index (χ1n) is 11.9. The van der Waals surface area contributed by atoms with Gasteiger partial charge in [-0.15, -0.1) is 0 Å². The van der Waals surface area contributed by atoms with Crippen LogP contribution in [0.25, 0.3) is 16.9 Å². The van der Waals surface area contributed by atoms with Crippen LogP contribution < -0.4 is 10.6 Å². The molecule has 2 aliphatic rings. The molecule has 1 amide bonds. The molecular weight excluding hydrogens is 446 g/mol. The Labute approximate surface area is 203 Å². The molecule has 2 fully saturated rings. The van der Waals surface area contributed by atoms with Gasteiger partial charge < -0.3 is 20.5 Å². The monoisotopic (exact) mass is 475 g/mol. The number of hydrogen-bond acceptors (Lipinski definition) is 8. The molecule has 0 aromatic carbocycles. The summed E-state index contributed by atoms with van der Waals surface area (Å²) in [5.74, 6) is -0.295. The van der Waals surface area contributed by atoms with Crippen LogP contribution in [0.2, 0.25) is 0 Å². The number of fused-ring (bicyclic) bond motifs is 1. The minimum Gasteiger partial charge on any atom is -0.390 e. The summed E-state index contributed by atoms with van der Waals surface area (Å²) in [6.07, 6.45) is 9.90. The lowest BCUT2D eigenvalue weighted by Gasteiger charge is -2.47. The summed E-state index contributed by atoms with van der Waals surface area (Å²) in [4.78, 5) is 23.6. The Balaban J connectivity index is 1.55. The van der Waals surface area contributed by atoms with Crippen molar-refractivity contribution in [3.63, 3.8) is 0 Å². The van der Waals surface area contributed by atoms with Gasteiger partial charge in [-0.1, -0.05) is 0 Å². The van der Waals surface area contributed by atoms with Gasteiger partial charge in [0.1, 0.15) is 6.07 Å². The van der Waals surface area contributed by atoms with E-state index in [1.54, 1.807) is 16.9 Å². The molecule has 10 nitrogen and oxygen atoms in total. The molecule has 3 aromatic heterocycles. The van der Waals surface area contributed by atoms with Gasteiger partial charge in [-0.3, -0.25) is 9.78 Å². The molecule has 3 N–H and O–H groups in total. The van der Waals surface area contributed by atoms with Crippen LogP contribution in [0.3, 0.4) is 0 Å². The fraction of sp³-hybridized carbons (Fsp3) is 0.480. The van der Waals surface area contributed by atoms with E-state index in [4.69, 9.17) is 15.7 Å². The van der Waals surface area contributed by atoms with E-state index in [9.17, 15) is 9.90 Å². The van der Waals surface area contributed by atoms with Crippen molar-refractivity contribution in [1.29, 1.82) is 5.26 Å². The van der Waals surface area contributed by atoms with Crippen molar-refractivity contribution in [3.8, 4) is 17.3 Å². The summed E-state index contributed by atoms with van der Waals surface area (Å²) >= 11 is 0. The average Bonchev–Trinajstić information content (AvgIpc) is 3.23. The van der Waals surface area contributed by atoms with E-state index in [2.05, 4.69) is 26.0 Å². The van der Waals surface area contributed by atoms with Crippen molar-refractivity contribution >= 4 is 17.2 Å². The van der Waals surface area contributed by atoms with Gasteiger partial charge >= 0.3 is 0 Å². The van der Waals surface area contributed by atoms with Crippen LogP contribution in [0.5, 0.6) is 0 Å². The van der Waals surface area contributed by atoms with E-state index in [1.165, 1.54) is 12.4 Å². The van der Waals surface area contributed by atoms with E-state index in [0.29, 0.717) is 41.2 Å². The molecule has 0 radical (unpaired) electrons. The first kappa shape index (κ1) is 23.2. The van der Waals surface area contributed by atoms with Crippen LogP contribution in [0.4, 0.5) is 5.69 Å². The normalized spacial score (nSPS) is 20.9. The lowest BCUT2D eigenvalue weighted by Crippen LogP contribution is -2.55. The number of primary amides is 1. The molecule has 1 aliphatic heterocycles. The number of amides is 1. The highest BCUT2D eigenvalue weighted by atomic mass is 16.5. The van der Waals surface area contributed by atoms with Crippen molar-refractivity contribution in [2.24, 2.45) is 11.7 Å². The third-order valence-electron chi connectivity index (χ3n) is 7.29. The largest absolute Gasteiger partial charge is 0.390 e. The van der Waals surface area contributed by atoms with Gasteiger partial charge in [0.25, 0.3) is 5.91 Å². The van der Waals surface area contributed by atoms with Gasteiger partial charge in [0.05, 0.1) is 65.3 Å². The standard InChI is InChI=1S/C25H29N7O3/c1-25(2,34)16-3-5-17(6-4-16)32(18-13-35-14-18)22-7-21(28-10-20(22)23(27)33)19-11-30-31-12-15(8-26)9-29-24(19)31/h7,9-12,16-18,34H,3-6,13-14H2,1-2H3,(H2,27,33). The Kier molecular flexibility index (Phi) is 5.91. The molecule has 1 saturated heterocycles. The van der Waals surface area contributed by atoms with Crippen molar-refractivity contribution in [2.75, 3.05) is 18.1 Å². The summed E-state index contributed by atoms with van der Waals surface area (Å²) in [6, 6.07) is 4.27. The maximum atomic E-state index is 12.4. The summed E-state index contributed by atoms with van der Waals surface area (Å²) in [5.41, 5.74) is 8.46. The van der Waals surface area contributed by atoms with Crippen molar-refractivity contribution in [2.45, 2.75) is 57.2 Å². The number of aliphatic hydroxyl groups is 1. The van der Waals surface area contributed by atoms with E-state index in [0.717, 1.165) is 31.4 Å². The molecule has 5 rings (SSSR count). The molecule has 1 saturated carbocycles. The third-order valence-corrected chi connectivity index (χ3v) is 7.29. The fourth-order valence-electron chi connectivity index (χ4n) is 5.24. The van der Waals surface area contributed by atoms with E-state index >= 15 is 0 Å². The first-order valence-corrected chi connectivity index (χ1v) is 11.9. The molecule has 4 heterocycles. The van der Waals surface area contributed by atoms with Gasteiger partial charge in [-0.2, -0.15) is 10.4 Å². The molecule has 0 unspecified atom stereocenters. The minimum atomic E-state index is -0.709. The van der Waals surface area contributed by atoms with Gasteiger partial charge in [0.2, 0.25) is 0 Å². The highest BCUT2D eigenvalue weighted by molar-refractivity contribution is 5.99. The zero-order valence-electron chi connectivity index (χ0n) is 19.9. The van der Waals surface area contributed by atoms with Gasteiger partial charge in [-0.25, -0.2) is 9.50 Å². The molecule has 1 aliphatic carbocycles. The second-order valence-corrected chi connectivity index (χ2v) is 9.99. The Hall–Kier alpha value is -3.55. The number of nitrogens with two attached hydrogens (primary N) is 1. The summed E-state index contributed by atoms with van der Waals surface area (Å²) < 4.78 is 7.07. The molecule has 10 heteroatoms. The van der Waals surface area contributed by atoms with Crippen LogP contribution >= 0.6 is 0 Å². The second-order valence-electron chi connectivity index (χ2n) is 9.99. The zero-order valence-corrected chi connectivity index (χ0v) is 19.9. The summed E-state index contributed by atoms with van der Waals surface area (Å²) in [7, 11) is 0. The Morgan fingerprint density at radius 1 is 1.20 bits per heavy atom. The molecule has 0 spiro atoms. The van der Waals surface area contributed by atoms with Crippen molar-refractivity contribution in [3.05, 3.63) is 42.0 Å². The average molecular weight is 476 g/mol. The van der Waals surface area contributed by atoms with Crippen LogP contribution in [0.15, 0.2) is 30.9 Å². The summed E-state index contributed by atoms with van der Waals surface area (Å²) in [5, 5.41) is 24.0. The molecular formula is C25H29N7O3. The van der Waals surface area contributed by atoms with E-state index in [1.807, 2.05) is 19.9 Å². The zero-order chi connectivity index (χ0) is 24.7. The molecule has 182 valence electrons. The van der Waals surface area contributed by atoms with Crippen LogP contribution in [-0.4, -0.2) is 61.5 Å². The Bertz CT molecular complexity index is 1290. The Morgan fingerprint density at radius 3 is 2.54 bits per heavy atom. The summed E-state index contributed by atoms with van der Waals surface area (Å²) in [6.45, 7) is 4.91. The number of aromatic nitrogens is 4. The molecule has 35 heavy (non-hydrogen) atoms. The number of pyridine rings is 1. The maximum Gasteiger partial charge on any atom is 0.252 e. The molecule has 0 bridgehead atoms. The number of hydrogen-bond donors (Lipinski definition) is 2. The highest BCUT2D eigenvalue weighted by Crippen LogP contribution is 2.39. The third kappa shape index (κ3) is 4.33. The predicted molar refractivity (Wildman–Crippen MR) is 129 cm³/mol. The maximum absolute atomic E-state index is 12.4. The predicted octanol–water partition coefficient (Wildman–Crippen LogP) is 2.30. The van der Waals surface area contributed by atoms with Gasteiger partial charge in [-0.05, 0) is 51.5 Å². The number of rotatable bonds is 6. The van der Waals surface area contributed by atoms with Crippen molar-refractivity contribution < 1.29 is 14.6 Å². The van der Waals surface area contributed by atoms with Crippen LogP contribution in [0, 0.1) is 17.2 Å². The number of nitriles is 1. The lowest BCUT2D eigenvalue weighted by atomic mass is 9.76.